The largest absolute Gasteiger partial charge is 0.316 e. The fraction of sp³-hybridized carbons (Fsp3) is 0.571. The lowest BCUT2D eigenvalue weighted by atomic mass is 10.0. The minimum atomic E-state index is -0.780. The van der Waals surface area contributed by atoms with E-state index >= 15 is 0 Å². The Balaban J connectivity index is 0.00000180. The summed E-state index contributed by atoms with van der Waals surface area (Å²) in [6, 6.07) is 4.80. The van der Waals surface area contributed by atoms with Crippen molar-refractivity contribution in [1.82, 2.24) is 10.2 Å². The van der Waals surface area contributed by atoms with Gasteiger partial charge in [-0.3, -0.25) is 4.90 Å². The molecule has 1 aliphatic rings. The fourth-order valence-corrected chi connectivity index (χ4v) is 2.58. The first-order chi connectivity index (χ1) is 8.61. The van der Waals surface area contributed by atoms with Gasteiger partial charge in [-0.1, -0.05) is 6.07 Å². The van der Waals surface area contributed by atoms with E-state index in [1.165, 1.54) is 18.6 Å². The lowest BCUT2D eigenvalue weighted by Gasteiger charge is -2.37. The first kappa shape index (κ1) is 16.3. The highest BCUT2D eigenvalue weighted by Gasteiger charge is 2.23. The van der Waals surface area contributed by atoms with E-state index in [0.717, 1.165) is 25.1 Å². The van der Waals surface area contributed by atoms with Gasteiger partial charge in [0, 0.05) is 18.6 Å². The van der Waals surface area contributed by atoms with Gasteiger partial charge in [0.05, 0.1) is 0 Å². The summed E-state index contributed by atoms with van der Waals surface area (Å²) in [5.41, 5.74) is 0.839. The molecule has 1 saturated heterocycles. The molecule has 1 heterocycles. The van der Waals surface area contributed by atoms with Crippen LogP contribution in [0.4, 0.5) is 8.78 Å². The van der Waals surface area contributed by atoms with Crippen LogP contribution < -0.4 is 5.32 Å². The highest BCUT2D eigenvalue weighted by Crippen LogP contribution is 2.25. The van der Waals surface area contributed by atoms with Crippen molar-refractivity contribution >= 4 is 12.4 Å². The number of likely N-dealkylation sites (N-methyl/N-ethyl adjacent to an activating group) is 1. The molecule has 0 aliphatic carbocycles. The summed E-state index contributed by atoms with van der Waals surface area (Å²) in [7, 11) is 1.97. The van der Waals surface area contributed by atoms with Crippen LogP contribution in [0.25, 0.3) is 0 Å². The first-order valence-corrected chi connectivity index (χ1v) is 6.48. The zero-order valence-electron chi connectivity index (χ0n) is 11.3. The number of halogens is 3. The van der Waals surface area contributed by atoms with Gasteiger partial charge in [0.25, 0.3) is 0 Å². The van der Waals surface area contributed by atoms with Gasteiger partial charge in [-0.15, -0.1) is 12.4 Å². The van der Waals surface area contributed by atoms with Crippen molar-refractivity contribution in [3.63, 3.8) is 0 Å². The summed E-state index contributed by atoms with van der Waals surface area (Å²) in [5, 5.41) is 3.28. The molecule has 2 atom stereocenters. The summed E-state index contributed by atoms with van der Waals surface area (Å²) < 4.78 is 26.2. The Morgan fingerprint density at radius 2 is 2.05 bits per heavy atom. The lowest BCUT2D eigenvalue weighted by Crippen LogP contribution is -2.45. The fourth-order valence-electron chi connectivity index (χ4n) is 2.58. The summed E-state index contributed by atoms with van der Waals surface area (Å²) in [6.45, 7) is 4.01. The second-order valence-electron chi connectivity index (χ2n) is 4.97. The van der Waals surface area contributed by atoms with Crippen molar-refractivity contribution < 1.29 is 8.78 Å². The number of rotatable bonds is 3. The van der Waals surface area contributed by atoms with Gasteiger partial charge < -0.3 is 5.32 Å². The molecule has 108 valence electrons. The van der Waals surface area contributed by atoms with Crippen molar-refractivity contribution in [2.24, 2.45) is 0 Å². The summed E-state index contributed by atoms with van der Waals surface area (Å²) in [6.07, 6.45) is 2.32. The van der Waals surface area contributed by atoms with Gasteiger partial charge in [0.15, 0.2) is 11.6 Å². The molecule has 0 spiro atoms. The molecule has 0 radical (unpaired) electrons. The molecule has 2 nitrogen and oxygen atoms in total. The van der Waals surface area contributed by atoms with Crippen molar-refractivity contribution in [3.8, 4) is 0 Å². The number of hydrogen-bond acceptors (Lipinski definition) is 2. The normalized spacial score (nSPS) is 21.8. The van der Waals surface area contributed by atoms with E-state index in [9.17, 15) is 8.78 Å². The lowest BCUT2D eigenvalue weighted by molar-refractivity contribution is 0.149. The Bertz CT molecular complexity index is 414. The third-order valence-electron chi connectivity index (χ3n) is 3.83. The number of benzene rings is 1. The molecule has 1 fully saturated rings. The van der Waals surface area contributed by atoms with Crippen LogP contribution in [0.3, 0.4) is 0 Å². The number of nitrogens with zero attached hydrogens (tertiary/aromatic N) is 1. The van der Waals surface area contributed by atoms with E-state index in [0.29, 0.717) is 6.04 Å². The monoisotopic (exact) mass is 290 g/mol. The van der Waals surface area contributed by atoms with E-state index in [1.54, 1.807) is 6.07 Å². The molecule has 1 aromatic rings. The topological polar surface area (TPSA) is 15.3 Å². The summed E-state index contributed by atoms with van der Waals surface area (Å²) in [5.74, 6) is -1.54. The van der Waals surface area contributed by atoms with E-state index in [-0.39, 0.29) is 18.4 Å². The molecule has 0 bridgehead atoms. The maximum absolute atomic E-state index is 13.2. The Morgan fingerprint density at radius 1 is 1.32 bits per heavy atom. The molecule has 5 heteroatoms. The number of nitrogens with one attached hydrogen (secondary N) is 1. The van der Waals surface area contributed by atoms with Gasteiger partial charge in [-0.25, -0.2) is 8.78 Å². The second-order valence-corrected chi connectivity index (χ2v) is 4.97. The summed E-state index contributed by atoms with van der Waals surface area (Å²) >= 11 is 0. The molecular formula is C14H21ClF2N2. The Morgan fingerprint density at radius 3 is 2.68 bits per heavy atom. The maximum atomic E-state index is 13.2. The standard InChI is InChI=1S/C14H20F2N2.ClH/c1-10(11-5-6-13(15)14(16)8-11)18-7-3-4-12(9-18)17-2;/h5-6,8,10,12,17H,3-4,7,9H2,1-2H3;1H. The molecule has 1 aromatic carbocycles. The van der Waals surface area contributed by atoms with E-state index in [2.05, 4.69) is 10.2 Å². The molecule has 19 heavy (non-hydrogen) atoms. The molecule has 0 amide bonds. The quantitative estimate of drug-likeness (QED) is 0.920. The van der Waals surface area contributed by atoms with Crippen LogP contribution in [0.1, 0.15) is 31.4 Å². The Labute approximate surface area is 119 Å². The molecule has 1 aliphatic heterocycles. The average molecular weight is 291 g/mol. The van der Waals surface area contributed by atoms with Crippen molar-refractivity contribution in [3.05, 3.63) is 35.4 Å². The van der Waals surface area contributed by atoms with Crippen molar-refractivity contribution in [1.29, 1.82) is 0 Å². The van der Waals surface area contributed by atoms with E-state index in [4.69, 9.17) is 0 Å². The number of hydrogen-bond donors (Lipinski definition) is 1. The van der Waals surface area contributed by atoms with Gasteiger partial charge >= 0.3 is 0 Å². The Kier molecular flexibility index (Phi) is 6.17. The van der Waals surface area contributed by atoms with Crippen LogP contribution >= 0.6 is 12.4 Å². The van der Waals surface area contributed by atoms with Crippen molar-refractivity contribution in [2.45, 2.75) is 31.8 Å². The van der Waals surface area contributed by atoms with Crippen LogP contribution in [0, 0.1) is 11.6 Å². The summed E-state index contributed by atoms with van der Waals surface area (Å²) in [4.78, 5) is 2.32. The SMILES string of the molecule is CNC1CCCN(C(C)c2ccc(F)c(F)c2)C1.Cl. The van der Waals surface area contributed by atoms with Crippen LogP contribution in [-0.4, -0.2) is 31.1 Å². The minimum absolute atomic E-state index is 0. The number of likely N-dealkylation sites (tertiary alicyclic amines) is 1. The third kappa shape index (κ3) is 3.88. The zero-order chi connectivity index (χ0) is 13.1. The van der Waals surface area contributed by atoms with Crippen LogP contribution in [0.15, 0.2) is 18.2 Å². The first-order valence-electron chi connectivity index (χ1n) is 6.48. The minimum Gasteiger partial charge on any atom is -0.316 e. The predicted molar refractivity (Wildman–Crippen MR) is 75.7 cm³/mol. The number of piperidine rings is 1. The molecule has 0 aromatic heterocycles. The van der Waals surface area contributed by atoms with Gasteiger partial charge in [0.2, 0.25) is 0 Å². The average Bonchev–Trinajstić information content (AvgIpc) is 2.41. The molecule has 1 N–H and O–H groups in total. The highest BCUT2D eigenvalue weighted by molar-refractivity contribution is 5.85. The van der Waals surface area contributed by atoms with Gasteiger partial charge in [-0.05, 0) is 51.1 Å². The smallest absolute Gasteiger partial charge is 0.159 e. The van der Waals surface area contributed by atoms with E-state index < -0.39 is 11.6 Å². The van der Waals surface area contributed by atoms with Crippen LogP contribution in [0.5, 0.6) is 0 Å². The maximum Gasteiger partial charge on any atom is 0.159 e. The molecular weight excluding hydrogens is 270 g/mol. The van der Waals surface area contributed by atoms with Gasteiger partial charge in [0.1, 0.15) is 0 Å². The third-order valence-corrected chi connectivity index (χ3v) is 3.83. The predicted octanol–water partition coefficient (Wildman–Crippen LogP) is 3.13. The Hall–Kier alpha value is -0.710. The molecule has 2 rings (SSSR count). The highest BCUT2D eigenvalue weighted by atomic mass is 35.5. The molecule has 2 unspecified atom stereocenters. The van der Waals surface area contributed by atoms with E-state index in [1.807, 2.05) is 14.0 Å². The van der Waals surface area contributed by atoms with Crippen molar-refractivity contribution in [2.75, 3.05) is 20.1 Å². The van der Waals surface area contributed by atoms with Gasteiger partial charge in [-0.2, -0.15) is 0 Å². The van der Waals surface area contributed by atoms with Crippen LogP contribution in [0.2, 0.25) is 0 Å². The second kappa shape index (κ2) is 7.17. The van der Waals surface area contributed by atoms with Crippen LogP contribution in [-0.2, 0) is 0 Å². The molecule has 0 saturated carbocycles. The zero-order valence-corrected chi connectivity index (χ0v) is 12.1.